The number of pyridine rings is 1. The summed E-state index contributed by atoms with van der Waals surface area (Å²) in [5, 5.41) is 0. The first kappa shape index (κ1) is 15.3. The summed E-state index contributed by atoms with van der Waals surface area (Å²) in [7, 11) is 3.20. The zero-order valence-corrected chi connectivity index (χ0v) is 13.4. The van der Waals surface area contributed by atoms with Gasteiger partial charge in [-0.15, -0.1) is 0 Å². The molecule has 0 radical (unpaired) electrons. The average molecular weight is 350 g/mol. The van der Waals surface area contributed by atoms with Gasteiger partial charge in [-0.3, -0.25) is 0 Å². The average Bonchev–Trinajstić information content (AvgIpc) is 2.49. The van der Waals surface area contributed by atoms with Crippen molar-refractivity contribution < 1.29 is 9.53 Å². The molecule has 0 bridgehead atoms. The van der Waals surface area contributed by atoms with Crippen LogP contribution in [0.15, 0.2) is 40.9 Å². The lowest BCUT2D eigenvalue weighted by Gasteiger charge is -2.21. The largest absolute Gasteiger partial charge is 0.464 e. The Labute approximate surface area is 131 Å². The predicted molar refractivity (Wildman–Crippen MR) is 86.2 cm³/mol. The Morgan fingerprint density at radius 2 is 2.05 bits per heavy atom. The number of anilines is 2. The van der Waals surface area contributed by atoms with Gasteiger partial charge < -0.3 is 15.4 Å². The number of ether oxygens (including phenoxy) is 1. The summed E-state index contributed by atoms with van der Waals surface area (Å²) < 4.78 is 5.69. The summed E-state index contributed by atoms with van der Waals surface area (Å²) in [4.78, 5) is 17.7. The number of esters is 1. The van der Waals surface area contributed by atoms with E-state index in [1.807, 2.05) is 36.2 Å². The topological polar surface area (TPSA) is 68.5 Å². The summed E-state index contributed by atoms with van der Waals surface area (Å²) in [6.07, 6.45) is 0. The molecule has 2 aromatic rings. The summed E-state index contributed by atoms with van der Waals surface area (Å²) in [6.45, 7) is 0.614. The van der Waals surface area contributed by atoms with Crippen LogP contribution in [-0.4, -0.2) is 25.1 Å². The van der Waals surface area contributed by atoms with Crippen LogP contribution in [0.5, 0.6) is 0 Å². The second-order valence-corrected chi connectivity index (χ2v) is 5.40. The molecule has 0 amide bonds. The van der Waals surface area contributed by atoms with Crippen LogP contribution in [-0.2, 0) is 11.3 Å². The summed E-state index contributed by atoms with van der Waals surface area (Å²) >= 11 is 3.51. The first-order chi connectivity index (χ1) is 10.0. The van der Waals surface area contributed by atoms with E-state index >= 15 is 0 Å². The van der Waals surface area contributed by atoms with Crippen molar-refractivity contribution in [3.05, 3.63) is 52.1 Å². The Bertz CT molecular complexity index is 661. The number of aromatic nitrogens is 1. The molecule has 0 aliphatic rings. The van der Waals surface area contributed by atoms with Crippen molar-refractivity contribution in [3.8, 4) is 0 Å². The minimum Gasteiger partial charge on any atom is -0.464 e. The van der Waals surface area contributed by atoms with Gasteiger partial charge in [-0.05, 0) is 23.8 Å². The van der Waals surface area contributed by atoms with Crippen molar-refractivity contribution in [2.45, 2.75) is 6.54 Å². The third-order valence-electron chi connectivity index (χ3n) is 3.03. The van der Waals surface area contributed by atoms with Crippen LogP contribution >= 0.6 is 15.9 Å². The molecular weight excluding hydrogens is 334 g/mol. The number of nitrogens with zero attached hydrogens (tertiary/aromatic N) is 2. The molecule has 1 aromatic heterocycles. The number of rotatable bonds is 4. The standard InChI is InChI=1S/C15H16BrN3O2/c1-19(9-10-5-3-4-6-11(10)16)14-12(17)7-8-13(18-14)15(20)21-2/h3-8H,9,17H2,1-2H3. The molecular formula is C15H16BrN3O2. The van der Waals surface area contributed by atoms with E-state index in [-0.39, 0.29) is 5.69 Å². The number of nitrogens with two attached hydrogens (primary N) is 1. The molecule has 21 heavy (non-hydrogen) atoms. The Kier molecular flexibility index (Phi) is 4.80. The number of hydrogen-bond donors (Lipinski definition) is 1. The molecule has 0 aliphatic heterocycles. The Hall–Kier alpha value is -2.08. The van der Waals surface area contributed by atoms with Gasteiger partial charge in [0.2, 0.25) is 0 Å². The molecule has 0 unspecified atom stereocenters. The summed E-state index contributed by atoms with van der Waals surface area (Å²) in [6, 6.07) is 11.1. The predicted octanol–water partition coefficient (Wildman–Crippen LogP) is 2.85. The van der Waals surface area contributed by atoms with E-state index in [1.54, 1.807) is 12.1 Å². The highest BCUT2D eigenvalue weighted by Gasteiger charge is 2.14. The van der Waals surface area contributed by atoms with Gasteiger partial charge in [0.25, 0.3) is 0 Å². The van der Waals surface area contributed by atoms with E-state index in [2.05, 4.69) is 25.7 Å². The van der Waals surface area contributed by atoms with E-state index < -0.39 is 5.97 Å². The summed E-state index contributed by atoms with van der Waals surface area (Å²) in [5.41, 5.74) is 7.81. The van der Waals surface area contributed by atoms with E-state index in [4.69, 9.17) is 5.73 Å². The molecule has 0 saturated carbocycles. The fraction of sp³-hybridized carbons (Fsp3) is 0.200. The first-order valence-electron chi connectivity index (χ1n) is 6.32. The molecule has 6 heteroatoms. The Balaban J connectivity index is 2.28. The highest BCUT2D eigenvalue weighted by molar-refractivity contribution is 9.10. The Morgan fingerprint density at radius 1 is 1.33 bits per heavy atom. The van der Waals surface area contributed by atoms with Gasteiger partial charge in [-0.25, -0.2) is 9.78 Å². The van der Waals surface area contributed by atoms with Crippen molar-refractivity contribution in [2.75, 3.05) is 24.8 Å². The lowest BCUT2D eigenvalue weighted by molar-refractivity contribution is 0.0594. The molecule has 0 fully saturated rings. The monoisotopic (exact) mass is 349 g/mol. The molecule has 0 saturated heterocycles. The van der Waals surface area contributed by atoms with Gasteiger partial charge in [-0.2, -0.15) is 0 Å². The second-order valence-electron chi connectivity index (χ2n) is 4.55. The van der Waals surface area contributed by atoms with E-state index in [1.165, 1.54) is 7.11 Å². The van der Waals surface area contributed by atoms with Crippen LogP contribution in [0.3, 0.4) is 0 Å². The van der Waals surface area contributed by atoms with Crippen molar-refractivity contribution in [1.82, 2.24) is 4.98 Å². The normalized spacial score (nSPS) is 10.2. The smallest absolute Gasteiger partial charge is 0.356 e. The third kappa shape index (κ3) is 3.52. The van der Waals surface area contributed by atoms with Crippen LogP contribution < -0.4 is 10.6 Å². The zero-order valence-electron chi connectivity index (χ0n) is 11.8. The van der Waals surface area contributed by atoms with Crippen molar-refractivity contribution in [3.63, 3.8) is 0 Å². The highest BCUT2D eigenvalue weighted by Crippen LogP contribution is 2.24. The number of benzene rings is 1. The fourth-order valence-corrected chi connectivity index (χ4v) is 2.35. The van der Waals surface area contributed by atoms with Gasteiger partial charge in [0.1, 0.15) is 0 Å². The SMILES string of the molecule is COC(=O)c1ccc(N)c(N(C)Cc2ccccc2Br)n1. The van der Waals surface area contributed by atoms with Gasteiger partial charge in [0.15, 0.2) is 11.5 Å². The van der Waals surface area contributed by atoms with Crippen LogP contribution in [0.1, 0.15) is 16.1 Å². The first-order valence-corrected chi connectivity index (χ1v) is 7.11. The maximum Gasteiger partial charge on any atom is 0.356 e. The lowest BCUT2D eigenvalue weighted by atomic mass is 10.2. The number of carbonyl (C=O) groups excluding carboxylic acids is 1. The van der Waals surface area contributed by atoms with E-state index in [9.17, 15) is 4.79 Å². The van der Waals surface area contributed by atoms with Crippen LogP contribution in [0, 0.1) is 0 Å². The second kappa shape index (κ2) is 6.58. The minimum atomic E-state index is -0.481. The van der Waals surface area contributed by atoms with Crippen molar-refractivity contribution in [2.24, 2.45) is 0 Å². The van der Waals surface area contributed by atoms with Crippen molar-refractivity contribution in [1.29, 1.82) is 0 Å². The fourth-order valence-electron chi connectivity index (χ4n) is 1.94. The molecule has 2 rings (SSSR count). The summed E-state index contributed by atoms with van der Waals surface area (Å²) in [5.74, 6) is 0.0687. The molecule has 1 heterocycles. The van der Waals surface area contributed by atoms with Gasteiger partial charge >= 0.3 is 5.97 Å². The molecule has 110 valence electrons. The van der Waals surface area contributed by atoms with Crippen LogP contribution in [0.25, 0.3) is 0 Å². The highest BCUT2D eigenvalue weighted by atomic mass is 79.9. The van der Waals surface area contributed by atoms with Crippen LogP contribution in [0.4, 0.5) is 11.5 Å². The Morgan fingerprint density at radius 3 is 2.71 bits per heavy atom. The van der Waals surface area contributed by atoms with Crippen molar-refractivity contribution >= 4 is 33.4 Å². The molecule has 2 N–H and O–H groups in total. The molecule has 0 aliphatic carbocycles. The molecule has 0 spiro atoms. The number of halogens is 1. The quantitative estimate of drug-likeness (QED) is 0.859. The van der Waals surface area contributed by atoms with Gasteiger partial charge in [0, 0.05) is 18.1 Å². The number of carbonyl (C=O) groups is 1. The number of nitrogen functional groups attached to an aromatic ring is 1. The van der Waals surface area contributed by atoms with Crippen LogP contribution in [0.2, 0.25) is 0 Å². The molecule has 1 aromatic carbocycles. The molecule has 5 nitrogen and oxygen atoms in total. The number of methoxy groups -OCH3 is 1. The third-order valence-corrected chi connectivity index (χ3v) is 3.80. The minimum absolute atomic E-state index is 0.237. The van der Waals surface area contributed by atoms with E-state index in [0.29, 0.717) is 18.1 Å². The maximum absolute atomic E-state index is 11.6. The van der Waals surface area contributed by atoms with E-state index in [0.717, 1.165) is 10.0 Å². The van der Waals surface area contributed by atoms with Gasteiger partial charge in [-0.1, -0.05) is 34.1 Å². The molecule has 0 atom stereocenters. The number of hydrogen-bond acceptors (Lipinski definition) is 5. The maximum atomic E-state index is 11.6. The van der Waals surface area contributed by atoms with Gasteiger partial charge in [0.05, 0.1) is 12.8 Å². The lowest BCUT2D eigenvalue weighted by Crippen LogP contribution is -2.20. The zero-order chi connectivity index (χ0) is 15.4.